The summed E-state index contributed by atoms with van der Waals surface area (Å²) in [4.78, 5) is 46.3. The van der Waals surface area contributed by atoms with Gasteiger partial charge < -0.3 is 44.3 Å². The molecule has 1 radical (unpaired) electrons. The van der Waals surface area contributed by atoms with Crippen LogP contribution < -0.4 is 21.7 Å². The van der Waals surface area contributed by atoms with Crippen LogP contribution in [0, 0.1) is 35.8 Å². The van der Waals surface area contributed by atoms with Gasteiger partial charge in [-0.1, -0.05) is 146 Å². The number of carbonyl (C=O) groups excluding carboxylic acids is 3. The molecule has 0 aromatic heterocycles. The van der Waals surface area contributed by atoms with E-state index in [1.54, 1.807) is 6.92 Å². The maximum absolute atomic E-state index is 11.1. The molecule has 6 rings (SSSR count). The Kier molecular flexibility index (Phi) is 30.4. The summed E-state index contributed by atoms with van der Waals surface area (Å²) in [6, 6.07) is 12.6. The molecule has 0 aliphatic carbocycles. The summed E-state index contributed by atoms with van der Waals surface area (Å²) < 4.78 is 1.93. The zero-order valence-corrected chi connectivity index (χ0v) is 39.8. The number of halogens is 6. The maximum Gasteiger partial charge on any atom is 0.270 e. The minimum absolute atomic E-state index is 0. The van der Waals surface area contributed by atoms with E-state index in [9.17, 15) is 24.5 Å². The number of carbonyl (C=O) groups is 3. The minimum Gasteiger partial charge on any atom is -0.399 e. The van der Waals surface area contributed by atoms with Gasteiger partial charge in [0.25, 0.3) is 5.69 Å². The topological polar surface area (TPSA) is 156 Å². The Morgan fingerprint density at radius 1 is 0.755 bits per heavy atom. The predicted octanol–water partition coefficient (Wildman–Crippen LogP) is 10.8. The van der Waals surface area contributed by atoms with E-state index in [4.69, 9.17) is 5.73 Å². The Labute approximate surface area is 383 Å². The average Bonchev–Trinajstić information content (AvgIpc) is 3.66. The number of nitro groups is 1. The number of nitrogens with two attached hydrogens (primary N) is 1. The summed E-state index contributed by atoms with van der Waals surface area (Å²) in [6.07, 6.45) is 1.23. The number of hydrogen-bond acceptors (Lipinski definition) is 6. The quantitative estimate of drug-likeness (QED) is 0.0475. The molecule has 0 saturated heterocycles. The Morgan fingerprint density at radius 2 is 1.12 bits per heavy atom. The van der Waals surface area contributed by atoms with Crippen molar-refractivity contribution in [3.63, 3.8) is 0 Å². The number of amides is 3. The van der Waals surface area contributed by atoms with Crippen LogP contribution in [0.2, 0.25) is 0 Å². The van der Waals surface area contributed by atoms with Crippen LogP contribution in [0.3, 0.4) is 0 Å². The predicted molar refractivity (Wildman–Crippen MR) is 253 cm³/mol. The summed E-state index contributed by atoms with van der Waals surface area (Å²) in [7, 11) is 0. The molecular weight excluding hydrogens is 1350 g/mol. The van der Waals surface area contributed by atoms with Crippen molar-refractivity contribution in [3.05, 3.63) is 90.9 Å². The van der Waals surface area contributed by atoms with Gasteiger partial charge in [0.15, 0.2) is 0 Å². The number of nitrogens with zero attached hydrogens (tertiary/aromatic N) is 1. The van der Waals surface area contributed by atoms with Crippen LogP contribution in [0.4, 0.5) is 28.4 Å². The number of nitro benzene ring substituents is 1. The van der Waals surface area contributed by atoms with Crippen LogP contribution in [0.5, 0.6) is 0 Å². The molecule has 3 aromatic rings. The molecule has 0 bridgehead atoms. The maximum atomic E-state index is 11.1. The van der Waals surface area contributed by atoms with Crippen molar-refractivity contribution < 1.29 is 37.9 Å². The van der Waals surface area contributed by atoms with E-state index in [1.165, 1.54) is 14.6 Å². The molecule has 0 unspecified atom stereocenters. The molecule has 0 saturated carbocycles. The van der Waals surface area contributed by atoms with E-state index in [2.05, 4.69) is 134 Å². The monoisotopic (exact) mass is 1390 g/mol. The number of benzene rings is 3. The van der Waals surface area contributed by atoms with Gasteiger partial charge in [-0.3, -0.25) is 29.4 Å². The summed E-state index contributed by atoms with van der Waals surface area (Å²) in [5, 5.41) is 18.8. The van der Waals surface area contributed by atoms with Crippen molar-refractivity contribution >= 4 is 182 Å². The Hall–Kier alpha value is 0.234. The molecule has 10 nitrogen and oxygen atoms in total. The third-order valence-corrected chi connectivity index (χ3v) is 6.26. The molecule has 3 aliphatic heterocycles. The SMILES string of the molecule is C.C.Cc1cc(N)cc2c1NC(=O)C2.Cc1cc([N+](=O)[O-])cc2c1NC(=O)C2.Cc1cccc2c1NC(=O)C2.IC(I)I.ICI.[CH2-]I.[V]. The molecule has 3 heterocycles. The van der Waals surface area contributed by atoms with Gasteiger partial charge in [0.2, 0.25) is 17.7 Å². The Bertz CT molecular complexity index is 1560. The first-order valence-corrected chi connectivity index (χ1v) is 21.4. The van der Waals surface area contributed by atoms with E-state index in [0.29, 0.717) is 18.4 Å². The van der Waals surface area contributed by atoms with E-state index < -0.39 is 4.92 Å². The Morgan fingerprint density at radius 3 is 1.53 bits per heavy atom. The van der Waals surface area contributed by atoms with Gasteiger partial charge in [-0.2, -0.15) is 0 Å². The molecule has 0 fully saturated rings. The standard InChI is InChI=1S/C9H8N2O3.C9H10N2O.C9H9NO.CHI3.CH2I2.CH2I.2CH4.V/c1-5-2-7(11(13)14)3-6-4-8(12)10-9(5)6;1-5-2-7(10)3-6-4-8(12)11-9(5)6;1-6-3-2-4-7-5-8(11)10-9(6)7;2-1(3)4;2-1-3;1-2;;;/h2-3H,4H2,1H3,(H,10,12);2-3H,4,10H2,1H3,(H,11,12);2-4H,5H2,1H3,(H,10,11);1H;1H2;1H2;2*1H4;/q;;;;;-1;;;. The normalized spacial score (nSPS) is 11.9. The fourth-order valence-electron chi connectivity index (χ4n) is 4.60. The number of non-ortho nitro benzene ring substituents is 1. The van der Waals surface area contributed by atoms with Crippen molar-refractivity contribution in [1.29, 1.82) is 0 Å². The fraction of sp³-hybridized carbons (Fsp3) is 0.312. The van der Waals surface area contributed by atoms with Gasteiger partial charge in [-0.25, -0.2) is 0 Å². The zero-order valence-electron chi connectivity index (χ0n) is 25.4. The number of rotatable bonds is 1. The number of nitrogens with one attached hydrogen (secondary N) is 3. The number of anilines is 4. The number of aryl methyl sites for hydroxylation is 3. The Balaban J connectivity index is -0.000000564. The van der Waals surface area contributed by atoms with E-state index >= 15 is 0 Å². The van der Waals surface area contributed by atoms with Crippen LogP contribution in [-0.4, -0.2) is 25.0 Å². The molecule has 49 heavy (non-hydrogen) atoms. The summed E-state index contributed by atoms with van der Waals surface area (Å²) in [6.45, 7) is 5.70. The number of hydrogen-bond donors (Lipinski definition) is 4. The van der Waals surface area contributed by atoms with Gasteiger partial charge in [-0.05, 0) is 66.3 Å². The molecule has 0 atom stereocenters. The third-order valence-electron chi connectivity index (χ3n) is 6.26. The molecule has 3 aliphatic rings. The molecule has 3 amide bonds. The van der Waals surface area contributed by atoms with Crippen LogP contribution in [0.1, 0.15) is 48.2 Å². The smallest absolute Gasteiger partial charge is 0.270 e. The van der Waals surface area contributed by atoms with E-state index in [1.807, 2.05) is 66.8 Å². The first kappa shape index (κ1) is 53.6. The van der Waals surface area contributed by atoms with Crippen LogP contribution in [-0.2, 0) is 52.2 Å². The summed E-state index contributed by atoms with van der Waals surface area (Å²) >= 11 is 13.4. The minimum atomic E-state index is -0.448. The van der Waals surface area contributed by atoms with Crippen molar-refractivity contribution in [2.75, 3.05) is 24.1 Å². The zero-order chi connectivity index (χ0) is 35.1. The second kappa shape index (κ2) is 27.8. The molecule has 5 N–H and O–H groups in total. The summed E-state index contributed by atoms with van der Waals surface area (Å²) in [5.74, 6) is 0.0524. The second-order valence-electron chi connectivity index (χ2n) is 9.56. The molecule has 17 heteroatoms. The van der Waals surface area contributed by atoms with Crippen molar-refractivity contribution in [1.82, 2.24) is 0 Å². The summed E-state index contributed by atoms with van der Waals surface area (Å²) in [5.41, 5.74) is 14.8. The van der Waals surface area contributed by atoms with Crippen LogP contribution in [0.15, 0.2) is 42.5 Å². The van der Waals surface area contributed by atoms with Gasteiger partial charge in [0, 0.05) is 53.4 Å². The largest absolute Gasteiger partial charge is 0.399 e. The number of alkyl halides is 5. The van der Waals surface area contributed by atoms with Crippen LogP contribution in [0.25, 0.3) is 0 Å². The van der Waals surface area contributed by atoms with Gasteiger partial charge in [0.1, 0.15) is -0.0619 Å². The van der Waals surface area contributed by atoms with E-state index in [0.717, 1.165) is 50.5 Å². The fourth-order valence-corrected chi connectivity index (χ4v) is 4.60. The first-order valence-electron chi connectivity index (χ1n) is 13.1. The molecule has 3 aromatic carbocycles. The van der Waals surface area contributed by atoms with E-state index in [-0.39, 0.29) is 63.2 Å². The molecule has 271 valence electrons. The average molecular weight is 1390 g/mol. The molecule has 0 spiro atoms. The first-order chi connectivity index (χ1) is 21.7. The number of nitrogen functional groups attached to an aromatic ring is 1. The number of fused-ring (bicyclic) bond motifs is 3. The van der Waals surface area contributed by atoms with Crippen molar-refractivity contribution in [2.45, 2.75) is 54.8 Å². The van der Waals surface area contributed by atoms with Gasteiger partial charge >= 0.3 is 0 Å². The van der Waals surface area contributed by atoms with Gasteiger partial charge in [0.05, 0.1) is 26.6 Å². The molecular formula is C32H40I6N5O5V-. The number of para-hydroxylation sites is 1. The van der Waals surface area contributed by atoms with Crippen molar-refractivity contribution in [3.8, 4) is 0 Å². The van der Waals surface area contributed by atoms with Crippen LogP contribution >= 0.6 is 136 Å². The van der Waals surface area contributed by atoms with Gasteiger partial charge in [-0.15, -0.1) is 0 Å². The van der Waals surface area contributed by atoms with Crippen molar-refractivity contribution in [2.24, 2.45) is 0 Å². The third kappa shape index (κ3) is 18.7. The second-order valence-corrected chi connectivity index (χ2v) is 24.9.